The quantitative estimate of drug-likeness (QED) is 0.350. The summed E-state index contributed by atoms with van der Waals surface area (Å²) in [5.41, 5.74) is 1.70. The van der Waals surface area contributed by atoms with E-state index in [-0.39, 0.29) is 10.9 Å². The zero-order valence-corrected chi connectivity index (χ0v) is 19.7. The van der Waals surface area contributed by atoms with Gasteiger partial charge in [-0.25, -0.2) is 9.18 Å². The standard InChI is InChI=1S/C25H20Cl2FNO6/c26-19-11-16(28)4-1-14(19)7-9-29-24(30)15-2-5-17(6-3-15)34-23-13-22-18(12-20(23)27)21(8-10-33-22)35-25(31)32/h1-6,11-13,21H,7-10H2,(H,29,30)(H,31,32). The maximum atomic E-state index is 13.1. The maximum Gasteiger partial charge on any atom is 0.506 e. The molecule has 1 heterocycles. The van der Waals surface area contributed by atoms with E-state index in [1.807, 2.05) is 0 Å². The van der Waals surface area contributed by atoms with Crippen molar-refractivity contribution < 1.29 is 33.3 Å². The minimum absolute atomic E-state index is 0.259. The Morgan fingerprint density at radius 1 is 1.09 bits per heavy atom. The molecule has 10 heteroatoms. The second kappa shape index (κ2) is 10.8. The Balaban J connectivity index is 1.37. The number of carbonyl (C=O) groups excluding carboxylic acids is 1. The summed E-state index contributed by atoms with van der Waals surface area (Å²) in [5.74, 6) is 0.495. The SMILES string of the molecule is O=C(O)OC1CCOc2cc(Oc3ccc(C(=O)NCCc4ccc(F)cc4Cl)cc3)c(Cl)cc21. The Labute approximate surface area is 210 Å². The zero-order chi connectivity index (χ0) is 24.9. The van der Waals surface area contributed by atoms with Crippen LogP contribution in [0.3, 0.4) is 0 Å². The molecule has 0 aromatic heterocycles. The Hall–Kier alpha value is -3.49. The van der Waals surface area contributed by atoms with Gasteiger partial charge < -0.3 is 24.6 Å². The summed E-state index contributed by atoms with van der Waals surface area (Å²) in [7, 11) is 0. The molecule has 0 fully saturated rings. The number of amides is 1. The van der Waals surface area contributed by atoms with Crippen molar-refractivity contribution >= 4 is 35.3 Å². The highest BCUT2D eigenvalue weighted by Crippen LogP contribution is 2.42. The van der Waals surface area contributed by atoms with Gasteiger partial charge in [0.1, 0.15) is 29.2 Å². The zero-order valence-electron chi connectivity index (χ0n) is 18.2. The topological polar surface area (TPSA) is 94.1 Å². The Morgan fingerprint density at radius 2 is 1.86 bits per heavy atom. The minimum atomic E-state index is -1.37. The van der Waals surface area contributed by atoms with Gasteiger partial charge in [0.25, 0.3) is 5.91 Å². The molecular formula is C25H20Cl2FNO6. The minimum Gasteiger partial charge on any atom is -0.493 e. The van der Waals surface area contributed by atoms with E-state index in [4.69, 9.17) is 42.5 Å². The summed E-state index contributed by atoms with van der Waals surface area (Å²) < 4.78 is 29.5. The number of carboxylic acid groups (broad SMARTS) is 1. The molecule has 0 saturated carbocycles. The highest BCUT2D eigenvalue weighted by Gasteiger charge is 2.27. The normalized spacial score (nSPS) is 14.4. The third-order valence-corrected chi connectivity index (χ3v) is 5.98. The third kappa shape index (κ3) is 6.15. The molecule has 0 bridgehead atoms. The lowest BCUT2D eigenvalue weighted by atomic mass is 10.0. The molecule has 3 aromatic rings. The van der Waals surface area contributed by atoms with Gasteiger partial charge >= 0.3 is 6.16 Å². The Bertz CT molecular complexity index is 1250. The fourth-order valence-corrected chi connectivity index (χ4v) is 4.09. The van der Waals surface area contributed by atoms with Crippen molar-refractivity contribution in [3.8, 4) is 17.2 Å². The molecule has 2 N–H and O–H groups in total. The molecular weight excluding hydrogens is 500 g/mol. The molecule has 1 amide bonds. The summed E-state index contributed by atoms with van der Waals surface area (Å²) >= 11 is 12.4. The number of benzene rings is 3. The van der Waals surface area contributed by atoms with Crippen molar-refractivity contribution in [1.82, 2.24) is 5.32 Å². The van der Waals surface area contributed by atoms with Crippen LogP contribution in [0.1, 0.15) is 34.0 Å². The van der Waals surface area contributed by atoms with Gasteiger partial charge in [0.05, 0.1) is 11.6 Å². The van der Waals surface area contributed by atoms with Crippen molar-refractivity contribution in [3.05, 3.63) is 87.2 Å². The first-order valence-corrected chi connectivity index (χ1v) is 11.4. The number of hydrogen-bond donors (Lipinski definition) is 2. The van der Waals surface area contributed by atoms with Gasteiger partial charge in [-0.2, -0.15) is 0 Å². The lowest BCUT2D eigenvalue weighted by Crippen LogP contribution is -2.25. The maximum absolute atomic E-state index is 13.1. The highest BCUT2D eigenvalue weighted by atomic mass is 35.5. The predicted molar refractivity (Wildman–Crippen MR) is 127 cm³/mol. The Kier molecular flexibility index (Phi) is 7.63. The number of fused-ring (bicyclic) bond motifs is 1. The van der Waals surface area contributed by atoms with Crippen LogP contribution >= 0.6 is 23.2 Å². The van der Waals surface area contributed by atoms with Gasteiger partial charge in [0.2, 0.25) is 0 Å². The number of nitrogens with one attached hydrogen (secondary N) is 1. The van der Waals surface area contributed by atoms with Gasteiger partial charge in [0.15, 0.2) is 0 Å². The van der Waals surface area contributed by atoms with E-state index in [2.05, 4.69) is 5.32 Å². The third-order valence-electron chi connectivity index (χ3n) is 5.33. The molecule has 4 rings (SSSR count). The van der Waals surface area contributed by atoms with Gasteiger partial charge in [-0.1, -0.05) is 29.3 Å². The molecule has 0 spiro atoms. The summed E-state index contributed by atoms with van der Waals surface area (Å²) in [6, 6.07) is 13.8. The van der Waals surface area contributed by atoms with E-state index >= 15 is 0 Å². The summed E-state index contributed by atoms with van der Waals surface area (Å²) in [6.45, 7) is 0.628. The number of rotatable bonds is 7. The number of hydrogen-bond acceptors (Lipinski definition) is 5. The fraction of sp³-hybridized carbons (Fsp3) is 0.200. The lowest BCUT2D eigenvalue weighted by Gasteiger charge is -2.25. The average molecular weight is 520 g/mol. The second-order valence-corrected chi connectivity index (χ2v) is 8.51. The molecule has 3 aromatic carbocycles. The first kappa shape index (κ1) is 24.6. The van der Waals surface area contributed by atoms with Gasteiger partial charge in [0, 0.05) is 35.2 Å². The van der Waals surface area contributed by atoms with Crippen molar-refractivity contribution in [2.45, 2.75) is 18.9 Å². The smallest absolute Gasteiger partial charge is 0.493 e. The van der Waals surface area contributed by atoms with E-state index in [0.717, 1.165) is 5.56 Å². The highest BCUT2D eigenvalue weighted by molar-refractivity contribution is 6.32. The van der Waals surface area contributed by atoms with Gasteiger partial charge in [-0.3, -0.25) is 4.79 Å². The van der Waals surface area contributed by atoms with Crippen molar-refractivity contribution in [3.63, 3.8) is 0 Å². The van der Waals surface area contributed by atoms with Crippen molar-refractivity contribution in [1.29, 1.82) is 0 Å². The van der Waals surface area contributed by atoms with E-state index in [1.54, 1.807) is 42.5 Å². The summed E-state index contributed by atoms with van der Waals surface area (Å²) in [6.07, 6.45) is -1.19. The predicted octanol–water partition coefficient (Wildman–Crippen LogP) is 6.42. The van der Waals surface area contributed by atoms with E-state index in [1.165, 1.54) is 12.1 Å². The largest absolute Gasteiger partial charge is 0.506 e. The molecule has 7 nitrogen and oxygen atoms in total. The van der Waals surface area contributed by atoms with Crippen LogP contribution in [0.15, 0.2) is 54.6 Å². The van der Waals surface area contributed by atoms with E-state index in [9.17, 15) is 14.0 Å². The van der Waals surface area contributed by atoms with E-state index < -0.39 is 18.1 Å². The first-order valence-electron chi connectivity index (χ1n) is 10.7. The Morgan fingerprint density at radius 3 is 2.57 bits per heavy atom. The average Bonchev–Trinajstić information content (AvgIpc) is 2.81. The van der Waals surface area contributed by atoms with Crippen LogP contribution in [0.2, 0.25) is 10.0 Å². The van der Waals surface area contributed by atoms with Crippen molar-refractivity contribution in [2.75, 3.05) is 13.2 Å². The van der Waals surface area contributed by atoms with Crippen LogP contribution < -0.4 is 14.8 Å². The lowest BCUT2D eigenvalue weighted by molar-refractivity contribution is 0.0326. The van der Waals surface area contributed by atoms with Crippen LogP contribution in [-0.4, -0.2) is 30.3 Å². The number of ether oxygens (including phenoxy) is 3. The molecule has 0 saturated heterocycles. The molecule has 182 valence electrons. The van der Waals surface area contributed by atoms with Crippen LogP contribution in [0, 0.1) is 5.82 Å². The molecule has 1 unspecified atom stereocenters. The van der Waals surface area contributed by atoms with Crippen LogP contribution in [0.25, 0.3) is 0 Å². The molecule has 1 atom stereocenters. The van der Waals surface area contributed by atoms with Crippen LogP contribution in [0.5, 0.6) is 17.2 Å². The van der Waals surface area contributed by atoms with Gasteiger partial charge in [-0.05, 0) is 54.4 Å². The molecule has 0 aliphatic carbocycles. The molecule has 35 heavy (non-hydrogen) atoms. The summed E-state index contributed by atoms with van der Waals surface area (Å²) in [5, 5.41) is 12.3. The van der Waals surface area contributed by atoms with Gasteiger partial charge in [-0.15, -0.1) is 0 Å². The monoisotopic (exact) mass is 519 g/mol. The van der Waals surface area contributed by atoms with Crippen molar-refractivity contribution in [2.24, 2.45) is 0 Å². The molecule has 1 aliphatic heterocycles. The molecule has 1 aliphatic rings. The van der Waals surface area contributed by atoms with Crippen LogP contribution in [0.4, 0.5) is 9.18 Å². The second-order valence-electron chi connectivity index (χ2n) is 7.70. The molecule has 0 radical (unpaired) electrons. The summed E-state index contributed by atoms with van der Waals surface area (Å²) in [4.78, 5) is 23.4. The fourth-order valence-electron chi connectivity index (χ4n) is 3.62. The number of halogens is 3. The number of carbonyl (C=O) groups is 2. The van der Waals surface area contributed by atoms with Crippen LogP contribution in [-0.2, 0) is 11.2 Å². The first-order chi connectivity index (χ1) is 16.8. The van der Waals surface area contributed by atoms with E-state index in [0.29, 0.717) is 59.4 Å².